The second-order valence-electron chi connectivity index (χ2n) is 10.6. The first-order chi connectivity index (χ1) is 22.6. The molecule has 0 saturated carbocycles. The minimum Gasteiger partial charge on any atom is -0.415 e. The number of hydrogen-bond acceptors (Lipinski definition) is 6. The number of aryl methyl sites for hydroxylation is 3. The van der Waals surface area contributed by atoms with E-state index in [2.05, 4.69) is 29.4 Å². The van der Waals surface area contributed by atoms with Crippen LogP contribution in [0.3, 0.4) is 0 Å². The minimum absolute atomic E-state index is 0. The maximum absolute atomic E-state index is 12.9. The third kappa shape index (κ3) is 9.15. The summed E-state index contributed by atoms with van der Waals surface area (Å²) in [4.78, 5) is 16.8. The smallest absolute Gasteiger partial charge is 0.415 e. The Balaban J connectivity index is 0.000000217. The first kappa shape index (κ1) is 36.4. The van der Waals surface area contributed by atoms with Gasteiger partial charge in [0.2, 0.25) is 5.88 Å². The molecule has 256 valence electrons. The van der Waals surface area contributed by atoms with Crippen LogP contribution in [0, 0.1) is 20.8 Å². The Bertz CT molecular complexity index is 2090. The molecule has 0 atom stereocenters. The monoisotopic (exact) mass is 688 g/mol. The van der Waals surface area contributed by atoms with Crippen molar-refractivity contribution in [3.05, 3.63) is 108 Å². The first-order valence-corrected chi connectivity index (χ1v) is 14.1. The van der Waals surface area contributed by atoms with Gasteiger partial charge in [-0.2, -0.15) is 22.0 Å². The van der Waals surface area contributed by atoms with Crippen LogP contribution >= 0.6 is 0 Å². The summed E-state index contributed by atoms with van der Waals surface area (Å²) in [5.74, 6) is -0.618. The molecule has 0 fully saturated rings. The summed E-state index contributed by atoms with van der Waals surface area (Å²) < 4.78 is 109. The maximum Gasteiger partial charge on any atom is 0.573 e. The van der Waals surface area contributed by atoms with Crippen molar-refractivity contribution in [2.45, 2.75) is 47.3 Å². The Hall–Kier alpha value is -5.40. The van der Waals surface area contributed by atoms with E-state index in [4.69, 9.17) is 0 Å². The highest BCUT2D eigenvalue weighted by atomic mass is 19.4. The van der Waals surface area contributed by atoms with E-state index in [1.807, 2.05) is 26.0 Å². The Labute approximate surface area is 275 Å². The van der Waals surface area contributed by atoms with Crippen LogP contribution in [0.25, 0.3) is 44.3 Å². The summed E-state index contributed by atoms with van der Waals surface area (Å²) in [5.41, 5.74) is 5.60. The molecule has 0 aliphatic heterocycles. The van der Waals surface area contributed by atoms with Gasteiger partial charge in [-0.3, -0.25) is 4.98 Å². The molecule has 0 radical (unpaired) electrons. The van der Waals surface area contributed by atoms with E-state index in [1.54, 1.807) is 31.3 Å². The summed E-state index contributed by atoms with van der Waals surface area (Å²) in [6, 6.07) is 17.7. The number of fused-ring (bicyclic) bond motifs is 2. The number of nitrogens with zero attached hydrogens (tertiary/aromatic N) is 4. The molecule has 0 aliphatic carbocycles. The van der Waals surface area contributed by atoms with Crippen LogP contribution in [0.2, 0.25) is 0 Å². The van der Waals surface area contributed by atoms with E-state index in [1.165, 1.54) is 30.3 Å². The number of benzene rings is 4. The molecule has 0 unspecified atom stereocenters. The van der Waals surface area contributed by atoms with Gasteiger partial charge in [0.1, 0.15) is 5.75 Å². The van der Waals surface area contributed by atoms with Crippen molar-refractivity contribution in [3.63, 3.8) is 0 Å². The van der Waals surface area contributed by atoms with Crippen LogP contribution in [0.15, 0.2) is 85.2 Å². The lowest BCUT2D eigenvalue weighted by atomic mass is 9.99. The third-order valence-corrected chi connectivity index (χ3v) is 6.77. The van der Waals surface area contributed by atoms with E-state index in [0.717, 1.165) is 35.2 Å². The van der Waals surface area contributed by atoms with Gasteiger partial charge in [0.25, 0.3) is 0 Å². The zero-order chi connectivity index (χ0) is 34.8. The van der Waals surface area contributed by atoms with Crippen LogP contribution in [0.4, 0.5) is 35.1 Å². The van der Waals surface area contributed by atoms with Gasteiger partial charge in [-0.25, -0.2) is 15.0 Å². The lowest BCUT2D eigenvalue weighted by Crippen LogP contribution is -2.17. The molecule has 2 heterocycles. The average Bonchev–Trinajstić information content (AvgIpc) is 2.99. The van der Waals surface area contributed by atoms with Crippen molar-refractivity contribution in [2.24, 2.45) is 0 Å². The summed E-state index contributed by atoms with van der Waals surface area (Å²) in [6.07, 6.45) is -6.54. The van der Waals surface area contributed by atoms with Crippen molar-refractivity contribution in [1.82, 2.24) is 19.9 Å². The normalized spacial score (nSPS) is 11.6. The van der Waals surface area contributed by atoms with Crippen molar-refractivity contribution < 1.29 is 44.6 Å². The molecule has 49 heavy (non-hydrogen) atoms. The summed E-state index contributed by atoms with van der Waals surface area (Å²) >= 11 is 0. The standard InChI is InChI=1S/C17H11F5N2O.C17H13F3N2O.CH4/c1-9-5-12(10-3-2-4-11(7-10)17(20,21)22)15-13(6-9)24-14(8-23-15)25-16(18)19;1-10-6-14(16-15(7-10)22-11(2)9-21-16)12-4-3-5-13(8-12)23-17(18,19)20;/h2-8,16H,1H3;3-9H,1-2H3;1H4. The topological polar surface area (TPSA) is 70.0 Å². The van der Waals surface area contributed by atoms with Gasteiger partial charge in [0, 0.05) is 17.3 Å². The Morgan fingerprint density at radius 2 is 1.20 bits per heavy atom. The van der Waals surface area contributed by atoms with E-state index in [-0.39, 0.29) is 24.6 Å². The number of rotatable bonds is 5. The molecule has 0 aliphatic rings. The van der Waals surface area contributed by atoms with E-state index in [9.17, 15) is 35.1 Å². The van der Waals surface area contributed by atoms with E-state index >= 15 is 0 Å². The number of hydrogen-bond donors (Lipinski definition) is 0. The van der Waals surface area contributed by atoms with Gasteiger partial charge in [-0.15, -0.1) is 13.2 Å². The Morgan fingerprint density at radius 3 is 1.78 bits per heavy atom. The van der Waals surface area contributed by atoms with Crippen molar-refractivity contribution in [2.75, 3.05) is 0 Å². The fourth-order valence-electron chi connectivity index (χ4n) is 4.92. The molecule has 6 nitrogen and oxygen atoms in total. The quantitative estimate of drug-likeness (QED) is 0.168. The molecule has 6 rings (SSSR count). The van der Waals surface area contributed by atoms with Crippen molar-refractivity contribution in [3.8, 4) is 33.9 Å². The van der Waals surface area contributed by atoms with Crippen molar-refractivity contribution in [1.29, 1.82) is 0 Å². The molecule has 4 aromatic carbocycles. The van der Waals surface area contributed by atoms with Gasteiger partial charge in [-0.05, 0) is 91.6 Å². The lowest BCUT2D eigenvalue weighted by Gasteiger charge is -2.12. The van der Waals surface area contributed by atoms with Crippen LogP contribution in [-0.4, -0.2) is 32.9 Å². The second kappa shape index (κ2) is 14.4. The average molecular weight is 689 g/mol. The number of ether oxygens (including phenoxy) is 2. The molecular formula is C35H28F8N4O2. The SMILES string of the molecule is C.Cc1cc(-c2cccc(C(F)(F)F)c2)c2ncc(OC(F)F)nc2c1.Cc1cc(-c2cccc(OC(F)(F)F)c2)c2ncc(C)nc2c1. The van der Waals surface area contributed by atoms with E-state index < -0.39 is 24.7 Å². The molecule has 14 heteroatoms. The summed E-state index contributed by atoms with van der Waals surface area (Å²) in [7, 11) is 0. The summed E-state index contributed by atoms with van der Waals surface area (Å²) in [6.45, 7) is 2.42. The molecule has 2 aromatic heterocycles. The first-order valence-electron chi connectivity index (χ1n) is 14.1. The zero-order valence-electron chi connectivity index (χ0n) is 25.3. The predicted molar refractivity (Wildman–Crippen MR) is 169 cm³/mol. The largest absolute Gasteiger partial charge is 0.573 e. The van der Waals surface area contributed by atoms with Crippen LogP contribution < -0.4 is 9.47 Å². The molecule has 0 spiro atoms. The predicted octanol–water partition coefficient (Wildman–Crippen LogP) is 10.7. The van der Waals surface area contributed by atoms with Gasteiger partial charge in [-0.1, -0.05) is 31.7 Å². The highest BCUT2D eigenvalue weighted by molar-refractivity contribution is 5.93. The van der Waals surface area contributed by atoms with Gasteiger partial charge >= 0.3 is 19.2 Å². The molecular weight excluding hydrogens is 660 g/mol. The third-order valence-electron chi connectivity index (χ3n) is 6.77. The number of alkyl halides is 8. The number of aromatic nitrogens is 4. The molecule has 6 aromatic rings. The highest BCUT2D eigenvalue weighted by Gasteiger charge is 2.31. The second-order valence-corrected chi connectivity index (χ2v) is 10.6. The lowest BCUT2D eigenvalue weighted by molar-refractivity contribution is -0.274. The molecule has 0 bridgehead atoms. The fraction of sp³-hybridized carbons (Fsp3) is 0.200. The van der Waals surface area contributed by atoms with Gasteiger partial charge < -0.3 is 9.47 Å². The van der Waals surface area contributed by atoms with E-state index in [0.29, 0.717) is 38.8 Å². The molecule has 0 N–H and O–H groups in total. The van der Waals surface area contributed by atoms with Crippen LogP contribution in [0.5, 0.6) is 11.6 Å². The minimum atomic E-state index is -4.72. The van der Waals surface area contributed by atoms with Crippen LogP contribution in [0.1, 0.15) is 29.8 Å². The van der Waals surface area contributed by atoms with Crippen molar-refractivity contribution >= 4 is 22.1 Å². The summed E-state index contributed by atoms with van der Waals surface area (Å²) in [5, 5.41) is 0. The molecule has 0 saturated heterocycles. The zero-order valence-corrected chi connectivity index (χ0v) is 25.3. The maximum atomic E-state index is 12.9. The number of halogens is 8. The van der Waals surface area contributed by atoms with Crippen LogP contribution in [-0.2, 0) is 6.18 Å². The Morgan fingerprint density at radius 1 is 0.653 bits per heavy atom. The Kier molecular flexibility index (Phi) is 10.7. The van der Waals surface area contributed by atoms with Gasteiger partial charge in [0.05, 0.1) is 39.5 Å². The highest BCUT2D eigenvalue weighted by Crippen LogP contribution is 2.35. The van der Waals surface area contributed by atoms with Gasteiger partial charge in [0.15, 0.2) is 0 Å². The fourth-order valence-corrected chi connectivity index (χ4v) is 4.92. The molecule has 0 amide bonds.